The van der Waals surface area contributed by atoms with E-state index in [4.69, 9.17) is 9.84 Å². The van der Waals surface area contributed by atoms with E-state index in [9.17, 15) is 14.7 Å². The molecular formula is C21H19N5O5. The van der Waals surface area contributed by atoms with Crippen LogP contribution in [-0.4, -0.2) is 54.3 Å². The van der Waals surface area contributed by atoms with Crippen molar-refractivity contribution < 1.29 is 19.7 Å². The van der Waals surface area contributed by atoms with Gasteiger partial charge in [-0.25, -0.2) is 14.9 Å². The molecule has 0 aliphatic heterocycles. The maximum atomic E-state index is 12.2. The van der Waals surface area contributed by atoms with Crippen LogP contribution >= 0.6 is 0 Å². The summed E-state index contributed by atoms with van der Waals surface area (Å²) in [6.07, 6.45) is -1.46. The minimum absolute atomic E-state index is 0.00294. The topological polar surface area (TPSA) is 154 Å². The van der Waals surface area contributed by atoms with Gasteiger partial charge < -0.3 is 19.9 Å². The van der Waals surface area contributed by atoms with E-state index >= 15 is 0 Å². The summed E-state index contributed by atoms with van der Waals surface area (Å²) in [5.41, 5.74) is 2.93. The fraction of sp³-hybridized carbons (Fsp3) is 0.190. The van der Waals surface area contributed by atoms with Crippen LogP contribution < -0.4 is 10.3 Å². The van der Waals surface area contributed by atoms with Crippen LogP contribution in [0.4, 0.5) is 0 Å². The van der Waals surface area contributed by atoms with Crippen LogP contribution in [0.15, 0.2) is 47.3 Å². The number of nitrogens with zero attached hydrogens (tertiary/aromatic N) is 3. The third-order valence-electron chi connectivity index (χ3n) is 4.71. The van der Waals surface area contributed by atoms with Gasteiger partial charge in [-0.1, -0.05) is 35.5 Å². The van der Waals surface area contributed by atoms with Gasteiger partial charge in [0.1, 0.15) is 11.6 Å². The molecule has 0 fully saturated rings. The predicted molar refractivity (Wildman–Crippen MR) is 112 cm³/mol. The number of aliphatic hydroxyl groups excluding tert-OH is 1. The van der Waals surface area contributed by atoms with Crippen molar-refractivity contribution in [3.63, 3.8) is 0 Å². The van der Waals surface area contributed by atoms with Crippen LogP contribution in [0, 0.1) is 0 Å². The van der Waals surface area contributed by atoms with E-state index in [0.717, 1.165) is 11.1 Å². The molecule has 0 radical (unpaired) electrons. The normalized spacial score (nSPS) is 12.1. The number of carboxylic acid groups (broad SMARTS) is 1. The van der Waals surface area contributed by atoms with E-state index in [1.165, 1.54) is 0 Å². The first kappa shape index (κ1) is 20.2. The quantitative estimate of drug-likeness (QED) is 0.352. The maximum Gasteiger partial charge on any atom is 0.332 e. The number of hydrogen-bond donors (Lipinski definition) is 4. The number of aliphatic carboxylic acids is 1. The molecule has 0 amide bonds. The van der Waals surface area contributed by atoms with Crippen molar-refractivity contribution in [1.82, 2.24) is 25.4 Å². The second kappa shape index (κ2) is 8.36. The van der Waals surface area contributed by atoms with E-state index in [1.54, 1.807) is 18.2 Å². The molecule has 0 aliphatic rings. The molecule has 0 saturated carbocycles. The Hall–Kier alpha value is -4.05. The van der Waals surface area contributed by atoms with Crippen molar-refractivity contribution in [3.8, 4) is 28.3 Å². The van der Waals surface area contributed by atoms with Crippen LogP contribution in [0.5, 0.6) is 5.75 Å². The molecule has 0 unspecified atom stereocenters. The van der Waals surface area contributed by atoms with E-state index in [2.05, 4.69) is 25.4 Å². The molecule has 0 aliphatic carbocycles. The van der Waals surface area contributed by atoms with Gasteiger partial charge in [0.05, 0.1) is 12.2 Å². The second-order valence-electron chi connectivity index (χ2n) is 6.83. The summed E-state index contributed by atoms with van der Waals surface area (Å²) in [5, 5.41) is 28.5. The summed E-state index contributed by atoms with van der Waals surface area (Å²) >= 11 is 0. The molecular weight excluding hydrogens is 402 g/mol. The first-order valence-electron chi connectivity index (χ1n) is 9.54. The van der Waals surface area contributed by atoms with E-state index in [-0.39, 0.29) is 17.6 Å². The van der Waals surface area contributed by atoms with Gasteiger partial charge in [0.15, 0.2) is 17.3 Å². The van der Waals surface area contributed by atoms with Crippen molar-refractivity contribution in [2.45, 2.75) is 19.4 Å². The van der Waals surface area contributed by atoms with Gasteiger partial charge in [0.25, 0.3) is 5.56 Å². The zero-order valence-corrected chi connectivity index (χ0v) is 16.5. The molecule has 31 heavy (non-hydrogen) atoms. The summed E-state index contributed by atoms with van der Waals surface area (Å²) < 4.78 is 5.79. The monoisotopic (exact) mass is 421 g/mol. The highest BCUT2D eigenvalue weighted by atomic mass is 16.5. The summed E-state index contributed by atoms with van der Waals surface area (Å²) in [5.74, 6) is -0.429. The first-order chi connectivity index (χ1) is 15.0. The lowest BCUT2D eigenvalue weighted by atomic mass is 9.98. The van der Waals surface area contributed by atoms with Gasteiger partial charge in [0.2, 0.25) is 0 Å². The highest BCUT2D eigenvalue weighted by Gasteiger charge is 2.16. The molecule has 1 atom stereocenters. The number of fused-ring (bicyclic) bond motifs is 1. The zero-order chi connectivity index (χ0) is 22.0. The molecule has 2 aromatic heterocycles. The number of carboxylic acids is 1. The Morgan fingerprint density at radius 2 is 2.00 bits per heavy atom. The van der Waals surface area contributed by atoms with Crippen molar-refractivity contribution >= 4 is 17.1 Å². The van der Waals surface area contributed by atoms with Gasteiger partial charge in [-0.2, -0.15) is 0 Å². The van der Waals surface area contributed by atoms with Gasteiger partial charge in [0, 0.05) is 6.42 Å². The summed E-state index contributed by atoms with van der Waals surface area (Å²) in [6, 6.07) is 12.7. The van der Waals surface area contributed by atoms with Gasteiger partial charge in [-0.15, -0.1) is 5.10 Å². The fourth-order valence-corrected chi connectivity index (χ4v) is 3.25. The smallest absolute Gasteiger partial charge is 0.332 e. The molecule has 4 N–H and O–H groups in total. The Labute approximate surface area is 175 Å². The number of nitrogens with one attached hydrogen (secondary N) is 2. The molecule has 2 heterocycles. The Kier molecular flexibility index (Phi) is 5.46. The summed E-state index contributed by atoms with van der Waals surface area (Å²) in [4.78, 5) is 30.2. The minimum Gasteiger partial charge on any atom is -0.493 e. The third kappa shape index (κ3) is 4.14. The Bertz CT molecular complexity index is 1310. The number of H-pyrrole nitrogens is 2. The van der Waals surface area contributed by atoms with E-state index < -0.39 is 17.6 Å². The van der Waals surface area contributed by atoms with Crippen LogP contribution in [-0.2, 0) is 11.2 Å². The number of rotatable bonds is 7. The number of aromatic amines is 2. The van der Waals surface area contributed by atoms with Crippen molar-refractivity contribution in [1.29, 1.82) is 0 Å². The maximum absolute atomic E-state index is 12.2. The van der Waals surface area contributed by atoms with Gasteiger partial charge >= 0.3 is 5.97 Å². The fourth-order valence-electron chi connectivity index (χ4n) is 3.25. The van der Waals surface area contributed by atoms with E-state index in [1.807, 2.05) is 31.2 Å². The number of aromatic nitrogens is 5. The van der Waals surface area contributed by atoms with Crippen LogP contribution in [0.1, 0.15) is 12.5 Å². The molecule has 4 rings (SSSR count). The van der Waals surface area contributed by atoms with Gasteiger partial charge in [-0.3, -0.25) is 4.79 Å². The lowest BCUT2D eigenvalue weighted by molar-refractivity contribution is -0.146. The minimum atomic E-state index is -1.47. The standard InChI is InChI=1S/C21H19N5O5/c1-2-31-16-10-13(12-5-3-4-11(8-12)9-15(27)21(29)30)6-7-14(16)18-22-19-17(20(28)23-18)24-26-25-19/h3-8,10,15,27H,2,9H2,1H3,(H,29,30)(H2,22,23,24,25,26,28)/t15-/m0/s1. The van der Waals surface area contributed by atoms with Crippen LogP contribution in [0.25, 0.3) is 33.7 Å². The molecule has 10 heteroatoms. The zero-order valence-electron chi connectivity index (χ0n) is 16.5. The number of benzene rings is 2. The Balaban J connectivity index is 1.74. The SMILES string of the molecule is CCOc1cc(-c2cccc(C[C@H](O)C(=O)O)c2)ccc1-c1nc2[nH]nnc2c(=O)[nH]1. The summed E-state index contributed by atoms with van der Waals surface area (Å²) in [7, 11) is 0. The molecule has 4 aromatic rings. The number of carbonyl (C=O) groups is 1. The van der Waals surface area contributed by atoms with Crippen molar-refractivity contribution in [2.75, 3.05) is 6.61 Å². The lowest BCUT2D eigenvalue weighted by Gasteiger charge is -2.13. The predicted octanol–water partition coefficient (Wildman–Crippen LogP) is 1.76. The number of hydrogen-bond acceptors (Lipinski definition) is 7. The van der Waals surface area contributed by atoms with Crippen LogP contribution in [0.3, 0.4) is 0 Å². The molecule has 158 valence electrons. The second-order valence-corrected chi connectivity index (χ2v) is 6.83. The highest BCUT2D eigenvalue weighted by Crippen LogP contribution is 2.33. The van der Waals surface area contributed by atoms with E-state index in [0.29, 0.717) is 29.3 Å². The largest absolute Gasteiger partial charge is 0.493 e. The Morgan fingerprint density at radius 3 is 2.77 bits per heavy atom. The Morgan fingerprint density at radius 1 is 1.19 bits per heavy atom. The highest BCUT2D eigenvalue weighted by molar-refractivity contribution is 5.77. The number of ether oxygens (including phenoxy) is 1. The molecule has 10 nitrogen and oxygen atoms in total. The summed E-state index contributed by atoms with van der Waals surface area (Å²) in [6.45, 7) is 2.25. The molecule has 0 saturated heterocycles. The molecule has 0 bridgehead atoms. The average Bonchev–Trinajstić information content (AvgIpc) is 3.23. The first-order valence-corrected chi connectivity index (χ1v) is 9.54. The van der Waals surface area contributed by atoms with Crippen molar-refractivity contribution in [2.24, 2.45) is 0 Å². The number of aliphatic hydroxyl groups is 1. The van der Waals surface area contributed by atoms with Crippen LogP contribution in [0.2, 0.25) is 0 Å². The molecule has 2 aromatic carbocycles. The average molecular weight is 421 g/mol. The van der Waals surface area contributed by atoms with Gasteiger partial charge in [-0.05, 0) is 35.7 Å². The molecule has 0 spiro atoms. The lowest BCUT2D eigenvalue weighted by Crippen LogP contribution is -2.21. The van der Waals surface area contributed by atoms with Crippen molar-refractivity contribution in [3.05, 3.63) is 58.4 Å². The third-order valence-corrected chi connectivity index (χ3v) is 4.71.